The van der Waals surface area contributed by atoms with Crippen molar-refractivity contribution in [3.05, 3.63) is 52.6 Å². The molecule has 0 unspecified atom stereocenters. The summed E-state index contributed by atoms with van der Waals surface area (Å²) in [5, 5.41) is 10.2. The van der Waals surface area contributed by atoms with Crippen LogP contribution in [0.15, 0.2) is 42.0 Å². The Morgan fingerprint density at radius 3 is 2.33 bits per heavy atom. The molecule has 3 aromatic heterocycles. The molecule has 5 aliphatic rings. The standard InChI is InChI=1S/C32H38N6O5S2/c1-2-43-26-12-24(17-33-18-26)25-13-28(44-19-25)31(40)38-7-5-37(6-8-38)29-4-3-27(34-35-29)30(39)36-45(41,42)20-32-14-21-9-22(15-32)11-23(10-21)16-32/h3-4,12-13,17-19,21-23H,2,5-11,14-16,20H2,1H3,(H,36,39). The van der Waals surface area contributed by atoms with E-state index in [1.165, 1.54) is 36.7 Å². The van der Waals surface area contributed by atoms with Gasteiger partial charge in [0.15, 0.2) is 11.5 Å². The number of anilines is 1. The minimum absolute atomic E-state index is 0.00878. The zero-order chi connectivity index (χ0) is 31.2. The quantitative estimate of drug-likeness (QED) is 0.361. The molecule has 1 N–H and O–H groups in total. The lowest BCUT2D eigenvalue weighted by molar-refractivity contribution is -0.0391. The summed E-state index contributed by atoms with van der Waals surface area (Å²) in [6.07, 6.45) is 10.00. The van der Waals surface area contributed by atoms with Gasteiger partial charge in [0, 0.05) is 37.9 Å². The molecule has 0 spiro atoms. The van der Waals surface area contributed by atoms with Gasteiger partial charge in [0.2, 0.25) is 10.0 Å². The molecule has 13 heteroatoms. The second-order valence-corrected chi connectivity index (χ2v) is 15.8. The summed E-state index contributed by atoms with van der Waals surface area (Å²) in [5.41, 5.74) is 1.60. The number of hydrogen-bond acceptors (Lipinski definition) is 10. The largest absolute Gasteiger partial charge is 0.492 e. The van der Waals surface area contributed by atoms with E-state index in [1.807, 2.05) is 34.2 Å². The molecule has 4 bridgehead atoms. The Morgan fingerprint density at radius 1 is 0.978 bits per heavy atom. The van der Waals surface area contributed by atoms with Crippen LogP contribution in [0.5, 0.6) is 5.75 Å². The second-order valence-electron chi connectivity index (χ2n) is 13.2. The van der Waals surface area contributed by atoms with Crippen molar-refractivity contribution in [2.75, 3.05) is 43.4 Å². The molecule has 8 rings (SSSR count). The first-order valence-corrected chi connectivity index (χ1v) is 18.3. The maximum absolute atomic E-state index is 13.2. The van der Waals surface area contributed by atoms with Crippen LogP contribution in [0.1, 0.15) is 65.6 Å². The Kier molecular flexibility index (Phi) is 8.01. The predicted molar refractivity (Wildman–Crippen MR) is 171 cm³/mol. The average Bonchev–Trinajstić information content (AvgIpc) is 3.50. The molecule has 2 amide bonds. The lowest BCUT2D eigenvalue weighted by Crippen LogP contribution is -2.51. The van der Waals surface area contributed by atoms with Gasteiger partial charge in [-0.15, -0.1) is 21.5 Å². The number of thiophene rings is 1. The number of aromatic nitrogens is 3. The lowest BCUT2D eigenvalue weighted by Gasteiger charge is -2.56. The average molecular weight is 651 g/mol. The molecule has 11 nitrogen and oxygen atoms in total. The molecule has 4 aliphatic carbocycles. The van der Waals surface area contributed by atoms with Gasteiger partial charge in [-0.25, -0.2) is 13.1 Å². The van der Waals surface area contributed by atoms with Gasteiger partial charge < -0.3 is 14.5 Å². The Balaban J connectivity index is 0.922. The summed E-state index contributed by atoms with van der Waals surface area (Å²) in [6, 6.07) is 7.01. The summed E-state index contributed by atoms with van der Waals surface area (Å²) in [6.45, 7) is 4.63. The Bertz CT molecular complexity index is 1650. The number of sulfonamides is 1. The van der Waals surface area contributed by atoms with E-state index in [-0.39, 0.29) is 22.8 Å². The number of carbonyl (C=O) groups excluding carboxylic acids is 2. The van der Waals surface area contributed by atoms with Crippen LogP contribution >= 0.6 is 11.3 Å². The van der Waals surface area contributed by atoms with Gasteiger partial charge in [-0.3, -0.25) is 14.6 Å². The lowest BCUT2D eigenvalue weighted by atomic mass is 9.50. The fraction of sp³-hybridized carbons (Fsp3) is 0.531. The number of piperazine rings is 1. The van der Waals surface area contributed by atoms with E-state index in [0.29, 0.717) is 67.0 Å². The topological polar surface area (TPSA) is 135 Å². The van der Waals surface area contributed by atoms with Gasteiger partial charge in [0.1, 0.15) is 5.75 Å². The number of ether oxygens (including phenoxy) is 1. The first-order chi connectivity index (χ1) is 21.7. The first kappa shape index (κ1) is 30.1. The monoisotopic (exact) mass is 650 g/mol. The summed E-state index contributed by atoms with van der Waals surface area (Å²) in [7, 11) is -3.80. The summed E-state index contributed by atoms with van der Waals surface area (Å²) in [4.78, 5) is 34.9. The number of amides is 2. The zero-order valence-electron chi connectivity index (χ0n) is 25.4. The molecule has 4 heterocycles. The van der Waals surface area contributed by atoms with Crippen molar-refractivity contribution in [2.24, 2.45) is 23.2 Å². The highest BCUT2D eigenvalue weighted by Crippen LogP contribution is 2.60. The second kappa shape index (κ2) is 12.0. The van der Waals surface area contributed by atoms with Gasteiger partial charge in [-0.05, 0) is 104 Å². The van der Waals surface area contributed by atoms with Crippen LogP contribution in [0.25, 0.3) is 11.1 Å². The van der Waals surface area contributed by atoms with Gasteiger partial charge in [-0.2, -0.15) is 0 Å². The van der Waals surface area contributed by atoms with Crippen molar-refractivity contribution in [3.8, 4) is 16.9 Å². The van der Waals surface area contributed by atoms with Crippen molar-refractivity contribution in [3.63, 3.8) is 0 Å². The van der Waals surface area contributed by atoms with Gasteiger partial charge in [0.25, 0.3) is 11.8 Å². The van der Waals surface area contributed by atoms with E-state index >= 15 is 0 Å². The SMILES string of the molecule is CCOc1cncc(-c2csc(C(=O)N3CCN(c4ccc(C(=O)NS(=O)(=O)CC56CC7CC(CC(C7)C5)C6)nn4)CC3)c2)c1. The Labute approximate surface area is 267 Å². The maximum Gasteiger partial charge on any atom is 0.285 e. The van der Waals surface area contributed by atoms with Crippen molar-refractivity contribution in [2.45, 2.75) is 45.4 Å². The number of carbonyl (C=O) groups is 2. The molecule has 0 aromatic carbocycles. The normalized spacial score (nSPS) is 25.8. The van der Waals surface area contributed by atoms with Gasteiger partial charge >= 0.3 is 0 Å². The number of nitrogens with zero attached hydrogens (tertiary/aromatic N) is 5. The van der Waals surface area contributed by atoms with Crippen LogP contribution in [0.4, 0.5) is 5.82 Å². The van der Waals surface area contributed by atoms with E-state index in [9.17, 15) is 18.0 Å². The van der Waals surface area contributed by atoms with E-state index < -0.39 is 15.9 Å². The highest BCUT2D eigenvalue weighted by atomic mass is 32.2. The molecule has 1 aliphatic heterocycles. The third-order valence-electron chi connectivity index (χ3n) is 9.85. The van der Waals surface area contributed by atoms with Crippen LogP contribution in [-0.2, 0) is 10.0 Å². The summed E-state index contributed by atoms with van der Waals surface area (Å²) in [5.74, 6) is 2.42. The number of pyridine rings is 1. The molecule has 5 fully saturated rings. The van der Waals surface area contributed by atoms with Crippen LogP contribution < -0.4 is 14.4 Å². The number of hydrogen-bond donors (Lipinski definition) is 1. The molecule has 238 valence electrons. The molecular formula is C32H38N6O5S2. The Hall–Kier alpha value is -3.58. The third-order valence-corrected chi connectivity index (χ3v) is 12.3. The molecule has 45 heavy (non-hydrogen) atoms. The zero-order valence-corrected chi connectivity index (χ0v) is 27.0. The molecule has 3 aromatic rings. The number of rotatable bonds is 9. The maximum atomic E-state index is 13.2. The molecule has 0 atom stereocenters. The third kappa shape index (κ3) is 6.42. The highest BCUT2D eigenvalue weighted by molar-refractivity contribution is 7.90. The Morgan fingerprint density at radius 2 is 1.69 bits per heavy atom. The fourth-order valence-electron chi connectivity index (χ4n) is 8.43. The van der Waals surface area contributed by atoms with Gasteiger partial charge in [0.05, 0.1) is 23.4 Å². The predicted octanol–water partition coefficient (Wildman–Crippen LogP) is 4.24. The van der Waals surface area contributed by atoms with Crippen LogP contribution in [0.3, 0.4) is 0 Å². The van der Waals surface area contributed by atoms with Crippen molar-refractivity contribution in [1.82, 2.24) is 24.8 Å². The van der Waals surface area contributed by atoms with E-state index in [4.69, 9.17) is 4.74 Å². The van der Waals surface area contributed by atoms with E-state index in [1.54, 1.807) is 18.5 Å². The van der Waals surface area contributed by atoms with Crippen molar-refractivity contribution < 1.29 is 22.7 Å². The highest BCUT2D eigenvalue weighted by Gasteiger charge is 2.52. The van der Waals surface area contributed by atoms with Crippen molar-refractivity contribution in [1.29, 1.82) is 0 Å². The first-order valence-electron chi connectivity index (χ1n) is 15.8. The minimum Gasteiger partial charge on any atom is -0.492 e. The van der Waals surface area contributed by atoms with Gasteiger partial charge in [-0.1, -0.05) is 0 Å². The fourth-order valence-corrected chi connectivity index (χ4v) is 10.9. The smallest absolute Gasteiger partial charge is 0.285 e. The minimum atomic E-state index is -3.80. The summed E-state index contributed by atoms with van der Waals surface area (Å²) >= 11 is 1.41. The molecule has 4 saturated carbocycles. The summed E-state index contributed by atoms with van der Waals surface area (Å²) < 4.78 is 34.0. The number of nitrogens with one attached hydrogen (secondary N) is 1. The molecule has 0 radical (unpaired) electrons. The van der Waals surface area contributed by atoms with E-state index in [2.05, 4.69) is 19.9 Å². The van der Waals surface area contributed by atoms with E-state index in [0.717, 1.165) is 30.4 Å². The van der Waals surface area contributed by atoms with Crippen LogP contribution in [0.2, 0.25) is 0 Å². The molecule has 1 saturated heterocycles. The molecular weight excluding hydrogens is 613 g/mol. The van der Waals surface area contributed by atoms with Crippen molar-refractivity contribution >= 4 is 39.0 Å². The van der Waals surface area contributed by atoms with Crippen LogP contribution in [-0.4, -0.2) is 78.9 Å². The van der Waals surface area contributed by atoms with Crippen LogP contribution in [0, 0.1) is 23.2 Å².